The van der Waals surface area contributed by atoms with E-state index in [-0.39, 0.29) is 6.61 Å². The molecule has 0 saturated carbocycles. The fourth-order valence-electron chi connectivity index (χ4n) is 4.27. The number of hydrogen-bond acceptors (Lipinski definition) is 8. The second-order valence-corrected chi connectivity index (χ2v) is 8.69. The van der Waals surface area contributed by atoms with E-state index >= 15 is 0 Å². The number of halogens is 1. The highest BCUT2D eigenvalue weighted by molar-refractivity contribution is 6.31. The summed E-state index contributed by atoms with van der Waals surface area (Å²) in [6, 6.07) is 10.6. The fourth-order valence-corrected chi connectivity index (χ4v) is 4.45. The van der Waals surface area contributed by atoms with Gasteiger partial charge < -0.3 is 34.6 Å². The molecule has 1 fully saturated rings. The summed E-state index contributed by atoms with van der Waals surface area (Å²) in [6.07, 6.45) is -6.27. The second-order valence-electron chi connectivity index (χ2n) is 8.28. The van der Waals surface area contributed by atoms with Crippen molar-refractivity contribution in [1.29, 1.82) is 0 Å². The molecule has 2 aromatic rings. The van der Waals surface area contributed by atoms with Gasteiger partial charge in [-0.25, -0.2) is 4.79 Å². The lowest BCUT2D eigenvalue weighted by Gasteiger charge is -2.40. The van der Waals surface area contributed by atoms with Crippen molar-refractivity contribution in [2.24, 2.45) is 0 Å². The number of fused-ring (bicyclic) bond motifs is 1. The van der Waals surface area contributed by atoms with Gasteiger partial charge in [-0.3, -0.25) is 4.90 Å². The molecule has 0 spiro atoms. The lowest BCUT2D eigenvalue weighted by molar-refractivity contribution is -0.231. The van der Waals surface area contributed by atoms with E-state index in [2.05, 4.69) is 0 Å². The molecule has 4 rings (SSSR count). The number of aliphatic hydroxyl groups is 4. The zero-order chi connectivity index (χ0) is 24.4. The van der Waals surface area contributed by atoms with Crippen molar-refractivity contribution in [3.63, 3.8) is 0 Å². The summed E-state index contributed by atoms with van der Waals surface area (Å²) in [4.78, 5) is 13.9. The number of anilines is 1. The maximum Gasteiger partial charge on any atom is 0.414 e. The number of ether oxygens (including phenoxy) is 3. The quantitative estimate of drug-likeness (QED) is 0.496. The van der Waals surface area contributed by atoms with Crippen molar-refractivity contribution in [1.82, 2.24) is 0 Å². The summed E-state index contributed by atoms with van der Waals surface area (Å²) in [5.74, 6) is 0.587. The average molecular weight is 494 g/mol. The highest BCUT2D eigenvalue weighted by atomic mass is 35.5. The van der Waals surface area contributed by atoms with E-state index in [1.807, 2.05) is 12.1 Å². The third-order valence-electron chi connectivity index (χ3n) is 6.06. The van der Waals surface area contributed by atoms with E-state index in [0.29, 0.717) is 41.6 Å². The molecule has 2 aliphatic rings. The SMILES string of the molecule is CCOC(=O)N1CCOc2ccc(Cc3cc([C@@H]4O[C@H](CO)[C@@H](O)[C@H](O)[C@H]4O)ccc3Cl)cc21. The van der Waals surface area contributed by atoms with Crippen LogP contribution in [0.4, 0.5) is 10.5 Å². The molecule has 2 aliphatic heterocycles. The summed E-state index contributed by atoms with van der Waals surface area (Å²) in [5.41, 5.74) is 2.76. The van der Waals surface area contributed by atoms with Gasteiger partial charge in [-0.05, 0) is 48.2 Å². The molecule has 2 aromatic carbocycles. The molecule has 0 bridgehead atoms. The Kier molecular flexibility index (Phi) is 7.61. The molecule has 4 N–H and O–H groups in total. The molecule has 0 radical (unpaired) electrons. The van der Waals surface area contributed by atoms with E-state index in [0.717, 1.165) is 11.1 Å². The summed E-state index contributed by atoms with van der Waals surface area (Å²) in [6.45, 7) is 2.27. The van der Waals surface area contributed by atoms with Gasteiger partial charge >= 0.3 is 6.09 Å². The van der Waals surface area contributed by atoms with Gasteiger partial charge in [0.2, 0.25) is 0 Å². The summed E-state index contributed by atoms with van der Waals surface area (Å²) >= 11 is 6.45. The van der Waals surface area contributed by atoms with Gasteiger partial charge in [0.05, 0.1) is 25.4 Å². The first kappa shape index (κ1) is 24.7. The molecule has 5 atom stereocenters. The topological polar surface area (TPSA) is 129 Å². The Balaban J connectivity index is 1.60. The monoisotopic (exact) mass is 493 g/mol. The van der Waals surface area contributed by atoms with Crippen LogP contribution in [0.3, 0.4) is 0 Å². The third-order valence-corrected chi connectivity index (χ3v) is 6.43. The lowest BCUT2D eigenvalue weighted by atomic mass is 9.90. The minimum Gasteiger partial charge on any atom is -0.490 e. The third kappa shape index (κ3) is 4.86. The fraction of sp³-hybridized carbons (Fsp3) is 0.458. The Morgan fingerprint density at radius 3 is 2.68 bits per heavy atom. The van der Waals surface area contributed by atoms with Crippen LogP contribution in [0.5, 0.6) is 5.75 Å². The minimum absolute atomic E-state index is 0.269. The maximum atomic E-state index is 12.4. The number of nitrogens with zero attached hydrogens (tertiary/aromatic N) is 1. The van der Waals surface area contributed by atoms with E-state index in [4.69, 9.17) is 25.8 Å². The molecule has 34 heavy (non-hydrogen) atoms. The first-order valence-corrected chi connectivity index (χ1v) is 11.5. The van der Waals surface area contributed by atoms with Crippen LogP contribution in [-0.4, -0.2) is 77.3 Å². The predicted molar refractivity (Wildman–Crippen MR) is 123 cm³/mol. The van der Waals surface area contributed by atoms with Gasteiger partial charge in [-0.2, -0.15) is 0 Å². The van der Waals surface area contributed by atoms with Crippen LogP contribution in [0.2, 0.25) is 5.02 Å². The Morgan fingerprint density at radius 2 is 1.94 bits per heavy atom. The molecule has 1 saturated heterocycles. The molecular formula is C24H28ClNO8. The normalized spacial score (nSPS) is 26.5. The number of aliphatic hydroxyl groups excluding tert-OH is 4. The van der Waals surface area contributed by atoms with Crippen LogP contribution in [0.25, 0.3) is 0 Å². The first-order valence-electron chi connectivity index (χ1n) is 11.1. The Morgan fingerprint density at radius 1 is 1.15 bits per heavy atom. The van der Waals surface area contributed by atoms with Crippen LogP contribution in [0, 0.1) is 0 Å². The van der Waals surface area contributed by atoms with Gasteiger partial charge in [0, 0.05) is 5.02 Å². The molecule has 2 heterocycles. The van der Waals surface area contributed by atoms with Crippen LogP contribution in [-0.2, 0) is 15.9 Å². The molecule has 9 nitrogen and oxygen atoms in total. The van der Waals surface area contributed by atoms with Crippen LogP contribution in [0.15, 0.2) is 36.4 Å². The van der Waals surface area contributed by atoms with Crippen molar-refractivity contribution in [2.45, 2.75) is 43.9 Å². The van der Waals surface area contributed by atoms with Gasteiger partial charge in [-0.1, -0.05) is 29.8 Å². The molecule has 1 amide bonds. The van der Waals surface area contributed by atoms with Crippen LogP contribution >= 0.6 is 11.6 Å². The molecule has 0 aromatic heterocycles. The smallest absolute Gasteiger partial charge is 0.414 e. The summed E-state index contributed by atoms with van der Waals surface area (Å²) < 4.78 is 16.5. The standard InChI is InChI=1S/C24H28ClNO8/c1-2-32-24(31)26-7-8-33-18-6-3-13(10-17(18)26)9-15-11-14(4-5-16(15)25)23-22(30)21(29)20(28)19(12-27)34-23/h3-6,10-11,19-23,27-30H,2,7-9,12H2,1H3/t19-,20-,21+,22-,23+/m1/s1. The Labute approximate surface area is 202 Å². The molecule has 184 valence electrons. The molecule has 0 aliphatic carbocycles. The van der Waals surface area contributed by atoms with Crippen molar-refractivity contribution >= 4 is 23.4 Å². The zero-order valence-corrected chi connectivity index (χ0v) is 19.4. The maximum absolute atomic E-state index is 12.4. The van der Waals surface area contributed by atoms with E-state index in [1.54, 1.807) is 31.2 Å². The minimum atomic E-state index is -1.47. The average Bonchev–Trinajstić information content (AvgIpc) is 2.84. The number of hydrogen-bond donors (Lipinski definition) is 4. The molecule has 10 heteroatoms. The predicted octanol–water partition coefficient (Wildman–Crippen LogP) is 1.80. The zero-order valence-electron chi connectivity index (χ0n) is 18.6. The number of carbonyl (C=O) groups is 1. The van der Waals surface area contributed by atoms with Crippen molar-refractivity contribution < 1.29 is 39.4 Å². The van der Waals surface area contributed by atoms with Gasteiger partial charge in [0.25, 0.3) is 0 Å². The van der Waals surface area contributed by atoms with Crippen molar-refractivity contribution in [3.8, 4) is 5.75 Å². The number of amides is 1. The van der Waals surface area contributed by atoms with E-state index in [1.165, 1.54) is 4.90 Å². The summed E-state index contributed by atoms with van der Waals surface area (Å²) in [7, 11) is 0. The second kappa shape index (κ2) is 10.5. The van der Waals surface area contributed by atoms with Crippen molar-refractivity contribution in [2.75, 3.05) is 31.3 Å². The largest absolute Gasteiger partial charge is 0.490 e. The van der Waals surface area contributed by atoms with Crippen LogP contribution < -0.4 is 9.64 Å². The number of rotatable bonds is 5. The number of benzene rings is 2. The highest BCUT2D eigenvalue weighted by Crippen LogP contribution is 2.36. The molecule has 0 unspecified atom stereocenters. The summed E-state index contributed by atoms with van der Waals surface area (Å²) in [5, 5.41) is 40.6. The Bertz CT molecular complexity index is 1030. The lowest BCUT2D eigenvalue weighted by Crippen LogP contribution is -2.55. The molecular weight excluding hydrogens is 466 g/mol. The first-order chi connectivity index (χ1) is 16.3. The van der Waals surface area contributed by atoms with E-state index < -0.39 is 43.2 Å². The van der Waals surface area contributed by atoms with Gasteiger partial charge in [-0.15, -0.1) is 0 Å². The van der Waals surface area contributed by atoms with Gasteiger partial charge in [0.15, 0.2) is 0 Å². The Hall–Kier alpha value is -2.40. The number of carbonyl (C=O) groups excluding carboxylic acids is 1. The van der Waals surface area contributed by atoms with E-state index in [9.17, 15) is 25.2 Å². The van der Waals surface area contributed by atoms with Gasteiger partial charge in [0.1, 0.15) is 42.9 Å². The highest BCUT2D eigenvalue weighted by Gasteiger charge is 2.44. The van der Waals surface area contributed by atoms with Crippen LogP contribution in [0.1, 0.15) is 29.7 Å². The van der Waals surface area contributed by atoms with Crippen molar-refractivity contribution in [3.05, 3.63) is 58.1 Å².